The number of hydrogen-bond acceptors (Lipinski definition) is 5. The van der Waals surface area contributed by atoms with Crippen LogP contribution in [0.1, 0.15) is 25.3 Å². The van der Waals surface area contributed by atoms with Crippen LogP contribution < -0.4 is 9.58 Å². The average molecular weight is 361 g/mol. The minimum atomic E-state index is -4.12. The molecule has 1 heterocycles. The number of aromatic nitrogens is 1. The van der Waals surface area contributed by atoms with Crippen LogP contribution in [-0.2, 0) is 16.7 Å². The Labute approximate surface area is 149 Å². The van der Waals surface area contributed by atoms with Gasteiger partial charge in [0.15, 0.2) is 12.4 Å². The topological polar surface area (TPSA) is 76.7 Å². The molecule has 1 aromatic carbocycles. The number of unbranched alkanes of at least 4 members (excludes halogenated alkanes) is 1. The van der Waals surface area contributed by atoms with Gasteiger partial charge >= 0.3 is 0 Å². The molecule has 2 aromatic rings. The first-order chi connectivity index (χ1) is 11.8. The zero-order chi connectivity index (χ0) is 18.3. The molecule has 0 aliphatic carbocycles. The Morgan fingerprint density at radius 1 is 1.16 bits per heavy atom. The van der Waals surface area contributed by atoms with E-state index in [1.165, 1.54) is 0 Å². The SMILES string of the molecule is CC(=NN(C)c1ccccc1)c1ccc[n+](CCCCS(=O)(=O)[O-])c1. The fraction of sp³-hybridized carbons (Fsp3) is 0.333. The summed E-state index contributed by atoms with van der Waals surface area (Å²) in [4.78, 5) is 0. The highest BCUT2D eigenvalue weighted by Gasteiger charge is 2.07. The van der Waals surface area contributed by atoms with Gasteiger partial charge in [0.2, 0.25) is 0 Å². The predicted molar refractivity (Wildman–Crippen MR) is 97.5 cm³/mol. The van der Waals surface area contributed by atoms with Crippen molar-refractivity contribution in [3.8, 4) is 0 Å². The van der Waals surface area contributed by atoms with Gasteiger partial charge in [-0.2, -0.15) is 5.10 Å². The van der Waals surface area contributed by atoms with E-state index in [-0.39, 0.29) is 5.75 Å². The summed E-state index contributed by atoms with van der Waals surface area (Å²) in [6.45, 7) is 2.61. The summed E-state index contributed by atoms with van der Waals surface area (Å²) < 4.78 is 33.8. The molecule has 0 radical (unpaired) electrons. The fourth-order valence-corrected chi connectivity index (χ4v) is 2.99. The highest BCUT2D eigenvalue weighted by Crippen LogP contribution is 2.12. The highest BCUT2D eigenvalue weighted by atomic mass is 32.2. The number of anilines is 1. The van der Waals surface area contributed by atoms with Crippen LogP contribution in [0, 0.1) is 0 Å². The molecule has 0 N–H and O–H groups in total. The smallest absolute Gasteiger partial charge is 0.177 e. The lowest BCUT2D eigenvalue weighted by Gasteiger charge is -2.14. The van der Waals surface area contributed by atoms with Gasteiger partial charge in [-0.25, -0.2) is 13.0 Å². The van der Waals surface area contributed by atoms with Crippen molar-refractivity contribution in [1.82, 2.24) is 0 Å². The van der Waals surface area contributed by atoms with Crippen LogP contribution in [-0.4, -0.2) is 31.5 Å². The van der Waals surface area contributed by atoms with E-state index < -0.39 is 10.1 Å². The van der Waals surface area contributed by atoms with E-state index in [1.807, 2.05) is 78.4 Å². The summed E-state index contributed by atoms with van der Waals surface area (Å²) >= 11 is 0. The van der Waals surface area contributed by atoms with E-state index in [1.54, 1.807) is 0 Å². The molecule has 7 heteroatoms. The van der Waals surface area contributed by atoms with Gasteiger partial charge in [-0.1, -0.05) is 18.2 Å². The number of hydrazone groups is 1. The first kappa shape index (κ1) is 19.1. The number of para-hydroxylation sites is 1. The molecule has 0 saturated heterocycles. The Kier molecular flexibility index (Phi) is 6.66. The Morgan fingerprint density at radius 3 is 2.56 bits per heavy atom. The molecule has 0 amide bonds. The molecular formula is C18H23N3O3S. The average Bonchev–Trinajstić information content (AvgIpc) is 2.59. The lowest BCUT2D eigenvalue weighted by Crippen LogP contribution is -2.34. The molecule has 1 aromatic heterocycles. The molecule has 2 rings (SSSR count). The molecule has 6 nitrogen and oxygen atoms in total. The summed E-state index contributed by atoms with van der Waals surface area (Å²) in [6, 6.07) is 13.8. The number of pyridine rings is 1. The number of hydrogen-bond donors (Lipinski definition) is 0. The molecule has 0 atom stereocenters. The highest BCUT2D eigenvalue weighted by molar-refractivity contribution is 7.85. The normalized spacial score (nSPS) is 12.2. The lowest BCUT2D eigenvalue weighted by molar-refractivity contribution is -0.697. The Morgan fingerprint density at radius 2 is 1.88 bits per heavy atom. The van der Waals surface area contributed by atoms with Crippen LogP contribution in [0.4, 0.5) is 5.69 Å². The second-order valence-electron chi connectivity index (χ2n) is 5.84. The van der Waals surface area contributed by atoms with Gasteiger partial charge in [-0.15, -0.1) is 0 Å². The molecule has 0 unspecified atom stereocenters. The van der Waals surface area contributed by atoms with Gasteiger partial charge in [0, 0.05) is 25.3 Å². The Balaban J connectivity index is 2.01. The number of rotatable bonds is 8. The molecular weight excluding hydrogens is 338 g/mol. The zero-order valence-electron chi connectivity index (χ0n) is 14.5. The van der Waals surface area contributed by atoms with E-state index in [9.17, 15) is 13.0 Å². The van der Waals surface area contributed by atoms with E-state index in [0.29, 0.717) is 19.4 Å². The maximum absolute atomic E-state index is 10.6. The van der Waals surface area contributed by atoms with E-state index in [4.69, 9.17) is 0 Å². The van der Waals surface area contributed by atoms with Gasteiger partial charge in [0.05, 0.1) is 27.1 Å². The molecule has 0 spiro atoms. The molecule has 25 heavy (non-hydrogen) atoms. The third kappa shape index (κ3) is 6.64. The Bertz CT molecular complexity index is 820. The number of nitrogens with zero attached hydrogens (tertiary/aromatic N) is 3. The summed E-state index contributed by atoms with van der Waals surface area (Å²) in [5, 5.41) is 6.43. The van der Waals surface area contributed by atoms with E-state index >= 15 is 0 Å². The Hall–Kier alpha value is -2.25. The van der Waals surface area contributed by atoms with Crippen molar-refractivity contribution in [3.63, 3.8) is 0 Å². The lowest BCUT2D eigenvalue weighted by atomic mass is 10.2. The van der Waals surface area contributed by atoms with Crippen LogP contribution in [0.25, 0.3) is 0 Å². The first-order valence-electron chi connectivity index (χ1n) is 8.12. The minimum absolute atomic E-state index is 0.310. The van der Waals surface area contributed by atoms with Crippen molar-refractivity contribution in [1.29, 1.82) is 0 Å². The largest absolute Gasteiger partial charge is 0.748 e. The molecule has 0 saturated carbocycles. The van der Waals surface area contributed by atoms with Crippen molar-refractivity contribution < 1.29 is 17.5 Å². The van der Waals surface area contributed by atoms with E-state index in [0.717, 1.165) is 17.0 Å². The third-order valence-corrected chi connectivity index (χ3v) is 4.56. The monoisotopic (exact) mass is 361 g/mol. The van der Waals surface area contributed by atoms with Gasteiger partial charge in [-0.05, 0) is 31.5 Å². The number of aryl methyl sites for hydroxylation is 1. The van der Waals surface area contributed by atoms with Gasteiger partial charge in [0.1, 0.15) is 6.54 Å². The van der Waals surface area contributed by atoms with Crippen LogP contribution >= 0.6 is 0 Å². The van der Waals surface area contributed by atoms with Crippen molar-refractivity contribution in [3.05, 3.63) is 60.4 Å². The molecule has 0 aliphatic heterocycles. The van der Waals surface area contributed by atoms with Crippen LogP contribution in [0.15, 0.2) is 60.0 Å². The first-order valence-corrected chi connectivity index (χ1v) is 9.70. The van der Waals surface area contributed by atoms with Gasteiger partial charge in [-0.3, -0.25) is 5.01 Å². The number of benzene rings is 1. The summed E-state index contributed by atoms with van der Waals surface area (Å²) in [5.74, 6) is -0.310. The summed E-state index contributed by atoms with van der Waals surface area (Å²) in [5.41, 5.74) is 2.87. The molecule has 0 bridgehead atoms. The molecule has 0 fully saturated rings. The van der Waals surface area contributed by atoms with Crippen molar-refractivity contribution in [2.24, 2.45) is 5.10 Å². The minimum Gasteiger partial charge on any atom is -0.748 e. The van der Waals surface area contributed by atoms with Gasteiger partial charge in [0.25, 0.3) is 0 Å². The second-order valence-corrected chi connectivity index (χ2v) is 7.37. The van der Waals surface area contributed by atoms with Crippen LogP contribution in [0.2, 0.25) is 0 Å². The molecule has 0 aliphatic rings. The zero-order valence-corrected chi connectivity index (χ0v) is 15.3. The van der Waals surface area contributed by atoms with Crippen molar-refractivity contribution >= 4 is 21.5 Å². The summed E-state index contributed by atoms with van der Waals surface area (Å²) in [6.07, 6.45) is 4.90. The quantitative estimate of drug-likeness (QED) is 0.237. The van der Waals surface area contributed by atoms with Crippen molar-refractivity contribution in [2.75, 3.05) is 17.8 Å². The predicted octanol–water partition coefficient (Wildman–Crippen LogP) is 2.16. The van der Waals surface area contributed by atoms with Crippen molar-refractivity contribution in [2.45, 2.75) is 26.3 Å². The van der Waals surface area contributed by atoms with Crippen LogP contribution in [0.3, 0.4) is 0 Å². The maximum Gasteiger partial charge on any atom is 0.177 e. The van der Waals surface area contributed by atoms with Crippen LogP contribution in [0.5, 0.6) is 0 Å². The maximum atomic E-state index is 10.6. The molecule has 134 valence electrons. The second kappa shape index (κ2) is 8.73. The standard InChI is InChI=1S/C18H23N3O3S/c1-16(19-20(2)18-10-4-3-5-11-18)17-9-8-13-21(15-17)12-6-7-14-25(22,23)24/h3-5,8-11,13,15H,6-7,12,14H2,1-2H3. The summed E-state index contributed by atoms with van der Waals surface area (Å²) in [7, 11) is -2.22. The third-order valence-electron chi connectivity index (χ3n) is 3.77. The van der Waals surface area contributed by atoms with Gasteiger partial charge < -0.3 is 4.55 Å². The van der Waals surface area contributed by atoms with E-state index in [2.05, 4.69) is 5.10 Å². The fourth-order valence-electron chi connectivity index (χ4n) is 2.43.